The van der Waals surface area contributed by atoms with Gasteiger partial charge in [-0.1, -0.05) is 55.3 Å². The Balaban J connectivity index is 1.64. The molecule has 1 heterocycles. The summed E-state index contributed by atoms with van der Waals surface area (Å²) in [6.45, 7) is 2.29. The van der Waals surface area contributed by atoms with Crippen molar-refractivity contribution >= 4 is 28.6 Å². The second-order valence-corrected chi connectivity index (χ2v) is 9.96. The van der Waals surface area contributed by atoms with Crippen molar-refractivity contribution in [2.75, 3.05) is 14.2 Å². The van der Waals surface area contributed by atoms with Crippen molar-refractivity contribution in [3.8, 4) is 5.75 Å². The van der Waals surface area contributed by atoms with Crippen LogP contribution >= 0.6 is 11.8 Å². The Hall–Kier alpha value is -2.80. The van der Waals surface area contributed by atoms with Crippen LogP contribution < -0.4 is 10.3 Å². The third kappa shape index (κ3) is 5.24. The standard InChI is InChI=1S/C26H31N3O3S/c1-18(24(30)28(2)20-9-5-4-6-10-20)33-26-27-23-12-8-7-11-22(23)25(31)29(26)17-19-13-15-21(32-3)16-14-19/h7-8,11-16,18,20H,4-6,9-10,17H2,1-3H3. The molecule has 0 aliphatic heterocycles. The maximum atomic E-state index is 13.4. The molecule has 0 saturated heterocycles. The van der Waals surface area contributed by atoms with Crippen molar-refractivity contribution in [1.82, 2.24) is 14.5 Å². The van der Waals surface area contributed by atoms with Gasteiger partial charge in [0.05, 0.1) is 29.8 Å². The van der Waals surface area contributed by atoms with Crippen molar-refractivity contribution in [2.24, 2.45) is 0 Å². The molecule has 4 rings (SSSR count). The molecule has 1 fully saturated rings. The zero-order valence-corrected chi connectivity index (χ0v) is 20.3. The minimum Gasteiger partial charge on any atom is -0.497 e. The molecule has 1 aliphatic rings. The average molecular weight is 466 g/mol. The number of para-hydroxylation sites is 1. The fourth-order valence-corrected chi connectivity index (χ4v) is 5.44. The molecule has 0 N–H and O–H groups in total. The molecule has 174 valence electrons. The van der Waals surface area contributed by atoms with Crippen LogP contribution in [0.1, 0.15) is 44.6 Å². The van der Waals surface area contributed by atoms with Gasteiger partial charge in [0, 0.05) is 13.1 Å². The van der Waals surface area contributed by atoms with Gasteiger partial charge in [-0.2, -0.15) is 0 Å². The van der Waals surface area contributed by atoms with Gasteiger partial charge in [-0.25, -0.2) is 4.98 Å². The number of thioether (sulfide) groups is 1. The summed E-state index contributed by atoms with van der Waals surface area (Å²) in [5.41, 5.74) is 1.52. The van der Waals surface area contributed by atoms with Gasteiger partial charge in [0.2, 0.25) is 5.91 Å². The molecule has 1 saturated carbocycles. The predicted molar refractivity (Wildman–Crippen MR) is 133 cm³/mol. The van der Waals surface area contributed by atoms with Gasteiger partial charge >= 0.3 is 0 Å². The first-order chi connectivity index (χ1) is 16.0. The Kier molecular flexibility index (Phi) is 7.38. The number of nitrogens with zero attached hydrogens (tertiary/aromatic N) is 3. The van der Waals surface area contributed by atoms with Crippen LogP contribution in [0.4, 0.5) is 0 Å². The number of aromatic nitrogens is 2. The number of amides is 1. The number of benzene rings is 2. The van der Waals surface area contributed by atoms with Crippen molar-refractivity contribution in [3.63, 3.8) is 0 Å². The summed E-state index contributed by atoms with van der Waals surface area (Å²) in [4.78, 5) is 33.3. The van der Waals surface area contributed by atoms with Crippen LogP contribution in [-0.2, 0) is 11.3 Å². The van der Waals surface area contributed by atoms with E-state index in [1.54, 1.807) is 17.7 Å². The van der Waals surface area contributed by atoms with E-state index in [1.807, 2.05) is 61.3 Å². The normalized spacial score (nSPS) is 15.4. The lowest BCUT2D eigenvalue weighted by atomic mass is 9.94. The second kappa shape index (κ2) is 10.4. The summed E-state index contributed by atoms with van der Waals surface area (Å²) in [5.74, 6) is 0.854. The summed E-state index contributed by atoms with van der Waals surface area (Å²) >= 11 is 1.36. The zero-order chi connectivity index (χ0) is 23.4. The van der Waals surface area contributed by atoms with Gasteiger partial charge in [-0.05, 0) is 49.6 Å². The van der Waals surface area contributed by atoms with Crippen molar-refractivity contribution in [1.29, 1.82) is 0 Å². The van der Waals surface area contributed by atoms with E-state index in [4.69, 9.17) is 9.72 Å². The number of hydrogen-bond acceptors (Lipinski definition) is 5. The first kappa shape index (κ1) is 23.4. The van der Waals surface area contributed by atoms with Crippen LogP contribution in [0, 0.1) is 0 Å². The number of hydrogen-bond donors (Lipinski definition) is 0. The molecule has 7 heteroatoms. The summed E-state index contributed by atoms with van der Waals surface area (Å²) in [5, 5.41) is 0.799. The maximum Gasteiger partial charge on any atom is 0.262 e. The van der Waals surface area contributed by atoms with E-state index in [9.17, 15) is 9.59 Å². The third-order valence-corrected chi connectivity index (χ3v) is 7.50. The number of methoxy groups -OCH3 is 1. The predicted octanol–water partition coefficient (Wildman–Crippen LogP) is 4.73. The summed E-state index contributed by atoms with van der Waals surface area (Å²) < 4.78 is 6.93. The van der Waals surface area contributed by atoms with Gasteiger partial charge in [0.25, 0.3) is 5.56 Å². The smallest absolute Gasteiger partial charge is 0.262 e. The molecule has 1 unspecified atom stereocenters. The molecule has 2 aromatic carbocycles. The third-order valence-electron chi connectivity index (χ3n) is 6.43. The minimum absolute atomic E-state index is 0.0882. The molecule has 1 atom stereocenters. The van der Waals surface area contributed by atoms with E-state index in [1.165, 1.54) is 31.0 Å². The number of rotatable bonds is 7. The van der Waals surface area contributed by atoms with Gasteiger partial charge in [-0.3, -0.25) is 14.2 Å². The first-order valence-electron chi connectivity index (χ1n) is 11.5. The van der Waals surface area contributed by atoms with E-state index < -0.39 is 0 Å². The number of ether oxygens (including phenoxy) is 1. The quantitative estimate of drug-likeness (QED) is 0.373. The van der Waals surface area contributed by atoms with Crippen molar-refractivity contribution in [2.45, 2.75) is 62.0 Å². The van der Waals surface area contributed by atoms with E-state index in [-0.39, 0.29) is 16.7 Å². The number of fused-ring (bicyclic) bond motifs is 1. The highest BCUT2D eigenvalue weighted by Crippen LogP contribution is 2.27. The summed E-state index contributed by atoms with van der Waals surface area (Å²) in [6.07, 6.45) is 5.74. The second-order valence-electron chi connectivity index (χ2n) is 8.65. The molecule has 0 bridgehead atoms. The van der Waals surface area contributed by atoms with E-state index in [0.717, 1.165) is 24.2 Å². The molecule has 33 heavy (non-hydrogen) atoms. The first-order valence-corrected chi connectivity index (χ1v) is 12.4. The molecule has 0 radical (unpaired) electrons. The van der Waals surface area contributed by atoms with Crippen LogP contribution in [0.15, 0.2) is 58.5 Å². The maximum absolute atomic E-state index is 13.4. The van der Waals surface area contributed by atoms with Gasteiger partial charge in [0.1, 0.15) is 5.75 Å². The highest BCUT2D eigenvalue weighted by atomic mass is 32.2. The molecule has 1 aliphatic carbocycles. The Labute approximate surface area is 199 Å². The van der Waals surface area contributed by atoms with Crippen LogP contribution in [0.2, 0.25) is 0 Å². The molecular formula is C26H31N3O3S. The Morgan fingerprint density at radius 2 is 1.85 bits per heavy atom. The molecule has 6 nitrogen and oxygen atoms in total. The number of carbonyl (C=O) groups is 1. The Bertz CT molecular complexity index is 1170. The van der Waals surface area contributed by atoms with Crippen LogP contribution in [0.25, 0.3) is 10.9 Å². The van der Waals surface area contributed by atoms with E-state index in [0.29, 0.717) is 28.6 Å². The number of carbonyl (C=O) groups excluding carboxylic acids is 1. The minimum atomic E-state index is -0.341. The Morgan fingerprint density at radius 1 is 1.15 bits per heavy atom. The van der Waals surface area contributed by atoms with Gasteiger partial charge < -0.3 is 9.64 Å². The van der Waals surface area contributed by atoms with Crippen LogP contribution in [-0.4, -0.2) is 45.8 Å². The fraction of sp³-hybridized carbons (Fsp3) is 0.423. The summed E-state index contributed by atoms with van der Waals surface area (Å²) in [6, 6.07) is 15.3. The van der Waals surface area contributed by atoms with Crippen molar-refractivity contribution < 1.29 is 9.53 Å². The zero-order valence-electron chi connectivity index (χ0n) is 19.5. The topological polar surface area (TPSA) is 64.4 Å². The SMILES string of the molecule is COc1ccc(Cn2c(SC(C)C(=O)N(C)C3CCCCC3)nc3ccccc3c2=O)cc1. The monoisotopic (exact) mass is 465 g/mol. The van der Waals surface area contributed by atoms with Gasteiger partial charge in [-0.15, -0.1) is 0 Å². The lowest BCUT2D eigenvalue weighted by molar-refractivity contribution is -0.131. The lowest BCUT2D eigenvalue weighted by Gasteiger charge is -2.32. The molecule has 3 aromatic rings. The largest absolute Gasteiger partial charge is 0.497 e. The molecular weight excluding hydrogens is 434 g/mol. The lowest BCUT2D eigenvalue weighted by Crippen LogP contribution is -2.42. The summed E-state index contributed by atoms with van der Waals surface area (Å²) in [7, 11) is 3.54. The highest BCUT2D eigenvalue weighted by molar-refractivity contribution is 8.00. The van der Waals surface area contributed by atoms with Gasteiger partial charge in [0.15, 0.2) is 5.16 Å². The van der Waals surface area contributed by atoms with Crippen molar-refractivity contribution in [3.05, 3.63) is 64.4 Å². The molecule has 1 aromatic heterocycles. The highest BCUT2D eigenvalue weighted by Gasteiger charge is 2.27. The molecule has 1 amide bonds. The van der Waals surface area contributed by atoms with E-state index >= 15 is 0 Å². The Morgan fingerprint density at radius 3 is 2.55 bits per heavy atom. The van der Waals surface area contributed by atoms with Crippen LogP contribution in [0.5, 0.6) is 5.75 Å². The van der Waals surface area contributed by atoms with Crippen LogP contribution in [0.3, 0.4) is 0 Å². The average Bonchev–Trinajstić information content (AvgIpc) is 2.86. The fourth-order valence-electron chi connectivity index (χ4n) is 4.43. The van der Waals surface area contributed by atoms with E-state index in [2.05, 4.69) is 0 Å². The molecule has 0 spiro atoms.